The van der Waals surface area contributed by atoms with Gasteiger partial charge in [-0.1, -0.05) is 0 Å². The summed E-state index contributed by atoms with van der Waals surface area (Å²) >= 11 is 0. The summed E-state index contributed by atoms with van der Waals surface area (Å²) in [6.45, 7) is 11.0. The summed E-state index contributed by atoms with van der Waals surface area (Å²) in [5.41, 5.74) is -0.649. The van der Waals surface area contributed by atoms with Gasteiger partial charge in [-0.15, -0.1) is 0 Å². The van der Waals surface area contributed by atoms with E-state index >= 15 is 0 Å². The minimum absolute atomic E-state index is 0.344. The van der Waals surface area contributed by atoms with Gasteiger partial charge in [0.2, 0.25) is 17.7 Å². The Morgan fingerprint density at radius 1 is 0.783 bits per heavy atom. The molecule has 0 aliphatic heterocycles. The molecule has 0 aromatic rings. The third-order valence-corrected chi connectivity index (χ3v) is 2.68. The van der Waals surface area contributed by atoms with Gasteiger partial charge < -0.3 is 20.7 Å². The molecule has 0 aliphatic carbocycles. The first-order valence-corrected chi connectivity index (χ1v) is 7.44. The Labute approximate surface area is 136 Å². The van der Waals surface area contributed by atoms with Gasteiger partial charge in [-0.25, -0.2) is 4.79 Å². The molecule has 3 atom stereocenters. The Morgan fingerprint density at radius 2 is 1.17 bits per heavy atom. The summed E-state index contributed by atoms with van der Waals surface area (Å²) in [7, 11) is 0. The third-order valence-electron chi connectivity index (χ3n) is 2.68. The molecule has 0 aromatic carbocycles. The maximum absolute atomic E-state index is 12.0. The highest BCUT2D eigenvalue weighted by Gasteiger charge is 2.26. The fourth-order valence-corrected chi connectivity index (χ4v) is 1.56. The van der Waals surface area contributed by atoms with Crippen LogP contribution >= 0.6 is 0 Å². The minimum atomic E-state index is -0.858. The maximum Gasteiger partial charge on any atom is 0.328 e. The standard InChI is InChI=1S/C15H27N3O5/c1-8(16-11(4)19)12(20)17-9(2)13(21)18-10(3)14(22)23-15(5,6)7/h8-10H,1-7H3,(H,16,19)(H,17,20)(H,18,21)/t8-,9-,10-/m0/s1. The van der Waals surface area contributed by atoms with Crippen LogP contribution in [-0.4, -0.2) is 47.4 Å². The van der Waals surface area contributed by atoms with Crippen LogP contribution in [0.1, 0.15) is 48.5 Å². The van der Waals surface area contributed by atoms with E-state index in [4.69, 9.17) is 4.74 Å². The molecule has 132 valence electrons. The minimum Gasteiger partial charge on any atom is -0.458 e. The highest BCUT2D eigenvalue weighted by molar-refractivity contribution is 5.92. The van der Waals surface area contributed by atoms with Gasteiger partial charge in [-0.2, -0.15) is 0 Å². The lowest BCUT2D eigenvalue weighted by molar-refractivity contribution is -0.158. The Bertz CT molecular complexity index is 470. The van der Waals surface area contributed by atoms with Gasteiger partial charge in [0.15, 0.2) is 0 Å². The number of hydrogen-bond donors (Lipinski definition) is 3. The second-order valence-electron chi connectivity index (χ2n) is 6.42. The van der Waals surface area contributed by atoms with Crippen LogP contribution in [0.3, 0.4) is 0 Å². The Hall–Kier alpha value is -2.12. The van der Waals surface area contributed by atoms with Crippen molar-refractivity contribution < 1.29 is 23.9 Å². The molecule has 0 rings (SSSR count). The van der Waals surface area contributed by atoms with E-state index in [2.05, 4.69) is 16.0 Å². The molecule has 3 N–H and O–H groups in total. The first-order valence-electron chi connectivity index (χ1n) is 7.44. The van der Waals surface area contributed by atoms with Crippen molar-refractivity contribution in [3.63, 3.8) is 0 Å². The molecule has 23 heavy (non-hydrogen) atoms. The largest absolute Gasteiger partial charge is 0.458 e. The van der Waals surface area contributed by atoms with Crippen molar-refractivity contribution in [2.45, 2.75) is 72.2 Å². The fraction of sp³-hybridized carbons (Fsp3) is 0.733. The van der Waals surface area contributed by atoms with Crippen LogP contribution < -0.4 is 16.0 Å². The summed E-state index contributed by atoms with van der Waals surface area (Å²) in [6, 6.07) is -2.46. The highest BCUT2D eigenvalue weighted by Crippen LogP contribution is 2.08. The van der Waals surface area contributed by atoms with Gasteiger partial charge in [0.05, 0.1) is 0 Å². The molecule has 0 bridgehead atoms. The number of esters is 1. The summed E-state index contributed by atoms with van der Waals surface area (Å²) in [4.78, 5) is 46.5. The van der Waals surface area contributed by atoms with E-state index in [1.54, 1.807) is 20.8 Å². The van der Waals surface area contributed by atoms with Gasteiger partial charge in [0.25, 0.3) is 0 Å². The topological polar surface area (TPSA) is 114 Å². The molecule has 3 amide bonds. The molecule has 0 saturated heterocycles. The number of nitrogens with one attached hydrogen (secondary N) is 3. The molecule has 8 nitrogen and oxygen atoms in total. The molecule has 0 aromatic heterocycles. The summed E-state index contributed by atoms with van der Waals surface area (Å²) in [6.07, 6.45) is 0. The van der Waals surface area contributed by atoms with Crippen LogP contribution in [0.15, 0.2) is 0 Å². The van der Waals surface area contributed by atoms with Gasteiger partial charge in [-0.05, 0) is 41.5 Å². The van der Waals surface area contributed by atoms with Gasteiger partial charge in [0, 0.05) is 6.92 Å². The molecule has 0 heterocycles. The summed E-state index contributed by atoms with van der Waals surface area (Å²) in [5.74, 6) is -1.92. The zero-order chi connectivity index (χ0) is 18.4. The average Bonchev–Trinajstić information content (AvgIpc) is 2.35. The van der Waals surface area contributed by atoms with Crippen LogP contribution in [0.4, 0.5) is 0 Å². The molecule has 8 heteroatoms. The fourth-order valence-electron chi connectivity index (χ4n) is 1.56. The van der Waals surface area contributed by atoms with Crippen LogP contribution in [0.5, 0.6) is 0 Å². The maximum atomic E-state index is 12.0. The Morgan fingerprint density at radius 3 is 1.57 bits per heavy atom. The lowest BCUT2D eigenvalue weighted by atomic mass is 10.2. The Kier molecular flexibility index (Phi) is 7.71. The first-order chi connectivity index (χ1) is 10.3. The smallest absolute Gasteiger partial charge is 0.328 e. The van der Waals surface area contributed by atoms with Crippen LogP contribution in [-0.2, 0) is 23.9 Å². The number of rotatable bonds is 6. The number of ether oxygens (including phenoxy) is 1. The molecule has 0 fully saturated rings. The molecule has 0 saturated carbocycles. The SMILES string of the molecule is CC(=O)N[C@@H](C)C(=O)N[C@@H](C)C(=O)N[C@@H](C)C(=O)OC(C)(C)C. The normalized spacial score (nSPS) is 14.9. The van der Waals surface area contributed by atoms with Crippen molar-refractivity contribution in [2.75, 3.05) is 0 Å². The monoisotopic (exact) mass is 329 g/mol. The van der Waals surface area contributed by atoms with Crippen LogP contribution in [0.2, 0.25) is 0 Å². The van der Waals surface area contributed by atoms with Crippen molar-refractivity contribution in [3.05, 3.63) is 0 Å². The van der Waals surface area contributed by atoms with Gasteiger partial charge >= 0.3 is 5.97 Å². The van der Waals surface area contributed by atoms with Crippen molar-refractivity contribution in [1.29, 1.82) is 0 Å². The third kappa shape index (κ3) is 8.80. The average molecular weight is 329 g/mol. The number of hydrogen-bond acceptors (Lipinski definition) is 5. The zero-order valence-electron chi connectivity index (χ0n) is 14.8. The van der Waals surface area contributed by atoms with Gasteiger partial charge in [-0.3, -0.25) is 14.4 Å². The van der Waals surface area contributed by atoms with E-state index in [-0.39, 0.29) is 5.91 Å². The molecule has 0 unspecified atom stereocenters. The van der Waals surface area contributed by atoms with E-state index in [1.807, 2.05) is 0 Å². The van der Waals surface area contributed by atoms with E-state index in [1.165, 1.54) is 27.7 Å². The summed E-state index contributed by atoms with van der Waals surface area (Å²) < 4.78 is 5.15. The van der Waals surface area contributed by atoms with E-state index in [9.17, 15) is 19.2 Å². The molecular weight excluding hydrogens is 302 g/mol. The van der Waals surface area contributed by atoms with Crippen molar-refractivity contribution >= 4 is 23.7 Å². The highest BCUT2D eigenvalue weighted by atomic mass is 16.6. The van der Waals surface area contributed by atoms with Crippen LogP contribution in [0, 0.1) is 0 Å². The molecular formula is C15H27N3O5. The predicted octanol–water partition coefficient (Wildman–Crippen LogP) is -0.138. The first kappa shape index (κ1) is 20.9. The number of carbonyl (C=O) groups is 4. The quantitative estimate of drug-likeness (QED) is 0.587. The van der Waals surface area contributed by atoms with E-state index < -0.39 is 41.5 Å². The number of carbonyl (C=O) groups excluding carboxylic acids is 4. The van der Waals surface area contributed by atoms with Crippen molar-refractivity contribution in [2.24, 2.45) is 0 Å². The predicted molar refractivity (Wildman–Crippen MR) is 84.3 cm³/mol. The van der Waals surface area contributed by atoms with Gasteiger partial charge in [0.1, 0.15) is 23.7 Å². The van der Waals surface area contributed by atoms with E-state index in [0.717, 1.165) is 0 Å². The Balaban J connectivity index is 4.47. The molecule has 0 radical (unpaired) electrons. The molecule has 0 spiro atoms. The zero-order valence-corrected chi connectivity index (χ0v) is 14.8. The lowest BCUT2D eigenvalue weighted by Gasteiger charge is -2.24. The van der Waals surface area contributed by atoms with E-state index in [0.29, 0.717) is 0 Å². The number of amides is 3. The summed E-state index contributed by atoms with van der Waals surface area (Å²) in [5, 5.41) is 7.35. The van der Waals surface area contributed by atoms with Crippen molar-refractivity contribution in [3.8, 4) is 0 Å². The second-order valence-corrected chi connectivity index (χ2v) is 6.42. The van der Waals surface area contributed by atoms with Crippen LogP contribution in [0.25, 0.3) is 0 Å². The second kappa shape index (κ2) is 8.50. The molecule has 0 aliphatic rings. The lowest BCUT2D eigenvalue weighted by Crippen LogP contribution is -2.53. The van der Waals surface area contributed by atoms with Crippen molar-refractivity contribution in [1.82, 2.24) is 16.0 Å².